The molecule has 0 aliphatic rings. The molecule has 0 heterocycles. The van der Waals surface area contributed by atoms with E-state index < -0.39 is 6.10 Å². The Hall–Kier alpha value is -0.640. The maximum atomic E-state index is 10.2. The van der Waals surface area contributed by atoms with Crippen LogP contribution in [-0.2, 0) is 4.74 Å². The number of hydrogen-bond acceptors (Lipinski definition) is 3. The van der Waals surface area contributed by atoms with E-state index >= 15 is 0 Å². The molecule has 0 aromatic heterocycles. The van der Waals surface area contributed by atoms with Gasteiger partial charge in [0.25, 0.3) is 0 Å². The zero-order valence-corrected chi connectivity index (χ0v) is 28.7. The maximum Gasteiger partial charge on any atom is 0.103 e. The number of rotatable bonds is 35. The summed E-state index contributed by atoms with van der Waals surface area (Å²) in [5.74, 6) is 0. The van der Waals surface area contributed by atoms with Crippen LogP contribution < -0.4 is 0 Å². The molecule has 0 amide bonds. The largest absolute Gasteiger partial charge is 0.394 e. The fraction of sp³-hybridized carbons (Fsp3) is 0.897. The number of unbranched alkanes of at least 4 members (excludes halogenated alkanes) is 24. The fourth-order valence-electron chi connectivity index (χ4n) is 5.68. The molecule has 0 fully saturated rings. The van der Waals surface area contributed by atoms with Gasteiger partial charge in [0.05, 0.1) is 12.7 Å². The van der Waals surface area contributed by atoms with Crippen molar-refractivity contribution >= 4 is 0 Å². The average Bonchev–Trinajstić information content (AvgIpc) is 3.00. The molecular formula is C39H76O3. The van der Waals surface area contributed by atoms with Gasteiger partial charge in [-0.15, -0.1) is 0 Å². The molecule has 0 saturated heterocycles. The van der Waals surface area contributed by atoms with E-state index in [2.05, 4.69) is 38.2 Å². The quantitative estimate of drug-likeness (QED) is 0.0568. The van der Waals surface area contributed by atoms with E-state index in [0.29, 0.717) is 6.61 Å². The Morgan fingerprint density at radius 1 is 0.452 bits per heavy atom. The molecule has 0 aromatic carbocycles. The summed E-state index contributed by atoms with van der Waals surface area (Å²) >= 11 is 0. The van der Waals surface area contributed by atoms with Gasteiger partial charge in [0, 0.05) is 6.61 Å². The third-order valence-corrected chi connectivity index (χ3v) is 8.60. The highest BCUT2D eigenvalue weighted by molar-refractivity contribution is 4.82. The second kappa shape index (κ2) is 36.6. The molecule has 0 aliphatic carbocycles. The van der Waals surface area contributed by atoms with E-state index in [1.54, 1.807) is 0 Å². The van der Waals surface area contributed by atoms with Crippen molar-refractivity contribution < 1.29 is 14.9 Å². The van der Waals surface area contributed by atoms with Gasteiger partial charge in [-0.05, 0) is 64.2 Å². The summed E-state index contributed by atoms with van der Waals surface area (Å²) in [5, 5.41) is 19.6. The van der Waals surface area contributed by atoms with Crippen LogP contribution in [0.1, 0.15) is 200 Å². The molecule has 250 valence electrons. The van der Waals surface area contributed by atoms with Crippen LogP contribution in [0, 0.1) is 0 Å². The van der Waals surface area contributed by atoms with Gasteiger partial charge in [0.1, 0.15) is 6.10 Å². The standard InChI is InChI=1S/C39H76O3/c1-3-5-7-9-11-13-15-17-19-21-23-25-27-29-31-33-35-39(38(41)37-40)42-36-34-32-30-28-26-24-22-20-18-16-14-12-10-8-6-4-2/h17-20,38-41H,3-16,21-37H2,1-2H3/b19-17-,20-18-. The highest BCUT2D eigenvalue weighted by Crippen LogP contribution is 2.16. The van der Waals surface area contributed by atoms with Crippen LogP contribution >= 0.6 is 0 Å². The highest BCUT2D eigenvalue weighted by atomic mass is 16.5. The molecule has 2 atom stereocenters. The molecule has 42 heavy (non-hydrogen) atoms. The van der Waals surface area contributed by atoms with Gasteiger partial charge in [-0.25, -0.2) is 0 Å². The summed E-state index contributed by atoms with van der Waals surface area (Å²) in [6, 6.07) is 0. The van der Waals surface area contributed by atoms with Crippen LogP contribution in [-0.4, -0.2) is 35.6 Å². The lowest BCUT2D eigenvalue weighted by Crippen LogP contribution is -2.32. The first kappa shape index (κ1) is 41.4. The van der Waals surface area contributed by atoms with Crippen LogP contribution in [0.3, 0.4) is 0 Å². The smallest absolute Gasteiger partial charge is 0.103 e. The van der Waals surface area contributed by atoms with Crippen molar-refractivity contribution in [1.29, 1.82) is 0 Å². The summed E-state index contributed by atoms with van der Waals surface area (Å²) in [6.45, 7) is 5.06. The Bertz CT molecular complexity index is 544. The minimum Gasteiger partial charge on any atom is -0.394 e. The van der Waals surface area contributed by atoms with E-state index in [4.69, 9.17) is 4.74 Å². The zero-order chi connectivity index (χ0) is 30.6. The van der Waals surface area contributed by atoms with Gasteiger partial charge in [-0.3, -0.25) is 0 Å². The summed E-state index contributed by atoms with van der Waals surface area (Å²) in [7, 11) is 0. The summed E-state index contributed by atoms with van der Waals surface area (Å²) in [6.07, 6.45) is 46.0. The first-order valence-electron chi connectivity index (χ1n) is 19.0. The number of aliphatic hydroxyl groups is 2. The molecule has 2 N–H and O–H groups in total. The molecule has 0 saturated carbocycles. The first-order valence-corrected chi connectivity index (χ1v) is 19.0. The minimum atomic E-state index is -0.748. The number of ether oxygens (including phenoxy) is 1. The number of aliphatic hydroxyl groups excluding tert-OH is 2. The van der Waals surface area contributed by atoms with Gasteiger partial charge >= 0.3 is 0 Å². The van der Waals surface area contributed by atoms with Gasteiger partial charge in [-0.2, -0.15) is 0 Å². The van der Waals surface area contributed by atoms with Crippen molar-refractivity contribution in [1.82, 2.24) is 0 Å². The third kappa shape index (κ3) is 32.3. The lowest BCUT2D eigenvalue weighted by atomic mass is 10.0. The lowest BCUT2D eigenvalue weighted by Gasteiger charge is -2.22. The molecule has 0 rings (SSSR count). The highest BCUT2D eigenvalue weighted by Gasteiger charge is 2.18. The van der Waals surface area contributed by atoms with E-state index in [-0.39, 0.29) is 12.7 Å². The Morgan fingerprint density at radius 3 is 1.17 bits per heavy atom. The van der Waals surface area contributed by atoms with Gasteiger partial charge in [-0.1, -0.05) is 160 Å². The molecule has 3 nitrogen and oxygen atoms in total. The molecule has 0 radical (unpaired) electrons. The Morgan fingerprint density at radius 2 is 0.786 bits per heavy atom. The number of hydrogen-bond donors (Lipinski definition) is 2. The van der Waals surface area contributed by atoms with Crippen molar-refractivity contribution in [2.45, 2.75) is 212 Å². The SMILES string of the molecule is CCCCCCCC/C=C\CCCCCCCCOC(CCCCCCCC/C=C\CCCCCCCC)C(O)CO. The topological polar surface area (TPSA) is 49.7 Å². The lowest BCUT2D eigenvalue weighted by molar-refractivity contribution is -0.0629. The Balaban J connectivity index is 3.56. The monoisotopic (exact) mass is 593 g/mol. The van der Waals surface area contributed by atoms with Crippen molar-refractivity contribution in [3.8, 4) is 0 Å². The Kier molecular flexibility index (Phi) is 36.0. The summed E-state index contributed by atoms with van der Waals surface area (Å²) in [5.41, 5.74) is 0. The second-order valence-electron chi connectivity index (χ2n) is 12.8. The predicted molar refractivity (Wildman–Crippen MR) is 186 cm³/mol. The first-order chi connectivity index (χ1) is 20.8. The maximum absolute atomic E-state index is 10.2. The van der Waals surface area contributed by atoms with Crippen molar-refractivity contribution in [3.63, 3.8) is 0 Å². The number of allylic oxidation sites excluding steroid dienone is 4. The second-order valence-corrected chi connectivity index (χ2v) is 12.8. The zero-order valence-electron chi connectivity index (χ0n) is 28.7. The van der Waals surface area contributed by atoms with E-state index in [1.165, 1.54) is 167 Å². The molecular weight excluding hydrogens is 516 g/mol. The van der Waals surface area contributed by atoms with Crippen LogP contribution in [0.2, 0.25) is 0 Å². The van der Waals surface area contributed by atoms with Crippen LogP contribution in [0.25, 0.3) is 0 Å². The van der Waals surface area contributed by atoms with Gasteiger partial charge < -0.3 is 14.9 Å². The van der Waals surface area contributed by atoms with Crippen molar-refractivity contribution in [2.24, 2.45) is 0 Å². The van der Waals surface area contributed by atoms with Crippen LogP contribution in [0.4, 0.5) is 0 Å². The van der Waals surface area contributed by atoms with E-state index in [1.807, 2.05) is 0 Å². The summed E-state index contributed by atoms with van der Waals surface area (Å²) in [4.78, 5) is 0. The summed E-state index contributed by atoms with van der Waals surface area (Å²) < 4.78 is 6.01. The molecule has 0 bridgehead atoms. The third-order valence-electron chi connectivity index (χ3n) is 8.60. The molecule has 3 heteroatoms. The normalized spacial score (nSPS) is 13.5. The van der Waals surface area contributed by atoms with Crippen molar-refractivity contribution in [3.05, 3.63) is 24.3 Å². The van der Waals surface area contributed by atoms with Crippen LogP contribution in [0.15, 0.2) is 24.3 Å². The van der Waals surface area contributed by atoms with E-state index in [9.17, 15) is 10.2 Å². The molecule has 0 aromatic rings. The Labute approximate surface area is 264 Å². The molecule has 0 aliphatic heterocycles. The average molecular weight is 593 g/mol. The van der Waals surface area contributed by atoms with E-state index in [0.717, 1.165) is 19.3 Å². The van der Waals surface area contributed by atoms with Crippen LogP contribution in [0.5, 0.6) is 0 Å². The minimum absolute atomic E-state index is 0.204. The molecule has 2 unspecified atom stereocenters. The van der Waals surface area contributed by atoms with Crippen molar-refractivity contribution in [2.75, 3.05) is 13.2 Å². The van der Waals surface area contributed by atoms with Gasteiger partial charge in [0.15, 0.2) is 0 Å². The molecule has 0 spiro atoms. The predicted octanol–water partition coefficient (Wildman–Crippen LogP) is 12.2. The van der Waals surface area contributed by atoms with Gasteiger partial charge in [0.2, 0.25) is 0 Å². The fourth-order valence-corrected chi connectivity index (χ4v) is 5.68.